The largest absolute Gasteiger partial charge is 0.494 e. The number of carbonyl (C=O) groups is 3. The maximum absolute atomic E-state index is 12.0. The van der Waals surface area contributed by atoms with Crippen molar-refractivity contribution in [2.45, 2.75) is 13.8 Å². The lowest BCUT2D eigenvalue weighted by molar-refractivity contribution is -0.151. The predicted molar refractivity (Wildman–Crippen MR) is 80.0 cm³/mol. The predicted octanol–water partition coefficient (Wildman–Crippen LogP) is 2.31. The van der Waals surface area contributed by atoms with Crippen LogP contribution in [0.2, 0.25) is 0 Å². The van der Waals surface area contributed by atoms with Crippen molar-refractivity contribution in [2.75, 3.05) is 6.61 Å². The first-order valence-corrected chi connectivity index (χ1v) is 6.90. The zero-order chi connectivity index (χ0) is 16.1. The van der Waals surface area contributed by atoms with Crippen LogP contribution in [0, 0.1) is 5.92 Å². The molecule has 0 saturated heterocycles. The molecule has 0 saturated carbocycles. The van der Waals surface area contributed by atoms with Crippen LogP contribution in [0.3, 0.4) is 0 Å². The van der Waals surface area contributed by atoms with Crippen LogP contribution >= 0.6 is 0 Å². The Kier molecular flexibility index (Phi) is 4.88. The summed E-state index contributed by atoms with van der Waals surface area (Å²) in [5.74, 6) is -2.50. The fourth-order valence-electron chi connectivity index (χ4n) is 2.05. The van der Waals surface area contributed by atoms with Gasteiger partial charge in [0.25, 0.3) is 0 Å². The van der Waals surface area contributed by atoms with E-state index in [9.17, 15) is 14.4 Å². The third-order valence-electron chi connectivity index (χ3n) is 3.02. The maximum atomic E-state index is 12.0. The van der Waals surface area contributed by atoms with Gasteiger partial charge >= 0.3 is 5.97 Å². The zero-order valence-corrected chi connectivity index (χ0v) is 12.4. The Bertz CT molecular complexity index is 669. The van der Waals surface area contributed by atoms with Crippen molar-refractivity contribution in [3.05, 3.63) is 47.7 Å². The highest BCUT2D eigenvalue weighted by Gasteiger charge is 2.36. The van der Waals surface area contributed by atoms with Gasteiger partial charge in [-0.05, 0) is 37.6 Å². The first kappa shape index (κ1) is 15.7. The van der Waals surface area contributed by atoms with Gasteiger partial charge in [0.2, 0.25) is 0 Å². The third kappa shape index (κ3) is 3.69. The first-order chi connectivity index (χ1) is 10.5. The van der Waals surface area contributed by atoms with E-state index < -0.39 is 23.5 Å². The average Bonchev–Trinajstić information content (AvgIpc) is 2.45. The molecule has 2 rings (SSSR count). The molecule has 1 heterocycles. The van der Waals surface area contributed by atoms with Crippen molar-refractivity contribution >= 4 is 23.6 Å². The summed E-state index contributed by atoms with van der Waals surface area (Å²) in [5, 5.41) is 0. The monoisotopic (exact) mass is 300 g/mol. The molecule has 0 amide bonds. The number of ether oxygens (including phenoxy) is 2. The van der Waals surface area contributed by atoms with E-state index in [4.69, 9.17) is 9.47 Å². The van der Waals surface area contributed by atoms with Gasteiger partial charge in [-0.2, -0.15) is 0 Å². The molecule has 1 atom stereocenters. The summed E-state index contributed by atoms with van der Waals surface area (Å²) < 4.78 is 10.2. The van der Waals surface area contributed by atoms with Crippen LogP contribution < -0.4 is 4.74 Å². The Balaban J connectivity index is 2.13. The molecule has 114 valence electrons. The number of hydrogen-bond acceptors (Lipinski definition) is 5. The lowest BCUT2D eigenvalue weighted by Crippen LogP contribution is -2.34. The molecule has 0 radical (unpaired) electrons. The fraction of sp³-hybridized carbons (Fsp3) is 0.235. The van der Waals surface area contributed by atoms with E-state index in [0.29, 0.717) is 12.4 Å². The molecule has 0 N–H and O–H groups in total. The molecule has 1 aromatic rings. The van der Waals surface area contributed by atoms with Crippen LogP contribution in [-0.4, -0.2) is 24.1 Å². The summed E-state index contributed by atoms with van der Waals surface area (Å²) in [6, 6.07) is 7.15. The molecule has 0 spiro atoms. The number of benzene rings is 1. The van der Waals surface area contributed by atoms with Crippen molar-refractivity contribution in [3.63, 3.8) is 0 Å². The van der Waals surface area contributed by atoms with Crippen LogP contribution in [-0.2, 0) is 19.1 Å². The standard InChI is InChI=1S/C17H16O5/c1-3-21-13-6-4-5-12(10-13)7-8-14(18)16-15(19)9-11(2)22-17(16)20/h4-10,16H,3H2,1-2H3/b8-7-/t16-/m1/s1. The summed E-state index contributed by atoms with van der Waals surface area (Å²) in [5.41, 5.74) is 0.739. The summed E-state index contributed by atoms with van der Waals surface area (Å²) in [6.07, 6.45) is 3.91. The second-order valence-corrected chi connectivity index (χ2v) is 4.75. The van der Waals surface area contributed by atoms with Crippen molar-refractivity contribution in [1.29, 1.82) is 0 Å². The van der Waals surface area contributed by atoms with Gasteiger partial charge in [-0.1, -0.05) is 18.2 Å². The molecule has 5 nitrogen and oxygen atoms in total. The van der Waals surface area contributed by atoms with Gasteiger partial charge in [0.05, 0.1) is 6.61 Å². The minimum atomic E-state index is -1.41. The Morgan fingerprint density at radius 1 is 1.36 bits per heavy atom. The number of allylic oxidation sites excluding steroid dienone is 3. The SMILES string of the molecule is CCOc1cccc(/C=C\C(=O)[C@@H]2C(=O)C=C(C)OC2=O)c1. The number of carbonyl (C=O) groups excluding carboxylic acids is 3. The molecule has 0 bridgehead atoms. The molecule has 1 aliphatic rings. The number of hydrogen-bond donors (Lipinski definition) is 0. The Morgan fingerprint density at radius 2 is 2.14 bits per heavy atom. The maximum Gasteiger partial charge on any atom is 0.329 e. The van der Waals surface area contributed by atoms with Crippen LogP contribution in [0.25, 0.3) is 6.08 Å². The van der Waals surface area contributed by atoms with Gasteiger partial charge in [-0.3, -0.25) is 14.4 Å². The van der Waals surface area contributed by atoms with Crippen molar-refractivity contribution < 1.29 is 23.9 Å². The fourth-order valence-corrected chi connectivity index (χ4v) is 2.05. The van der Waals surface area contributed by atoms with Gasteiger partial charge in [-0.15, -0.1) is 0 Å². The lowest BCUT2D eigenvalue weighted by Gasteiger charge is -2.15. The molecule has 1 aliphatic heterocycles. The number of ketones is 2. The minimum absolute atomic E-state index is 0.201. The van der Waals surface area contributed by atoms with E-state index >= 15 is 0 Å². The topological polar surface area (TPSA) is 69.7 Å². The summed E-state index contributed by atoms with van der Waals surface area (Å²) in [4.78, 5) is 35.4. The second kappa shape index (κ2) is 6.85. The van der Waals surface area contributed by atoms with Gasteiger partial charge in [0.1, 0.15) is 11.5 Å². The minimum Gasteiger partial charge on any atom is -0.494 e. The van der Waals surface area contributed by atoms with E-state index in [-0.39, 0.29) is 5.76 Å². The Labute approximate surface area is 128 Å². The molecular formula is C17H16O5. The van der Waals surface area contributed by atoms with Crippen LogP contribution in [0.1, 0.15) is 19.4 Å². The normalized spacial score (nSPS) is 18.1. The lowest BCUT2D eigenvalue weighted by atomic mass is 9.96. The zero-order valence-electron chi connectivity index (χ0n) is 12.4. The molecule has 0 unspecified atom stereocenters. The van der Waals surface area contributed by atoms with E-state index in [0.717, 1.165) is 11.6 Å². The Hall–Kier alpha value is -2.69. The van der Waals surface area contributed by atoms with E-state index in [1.165, 1.54) is 19.1 Å². The van der Waals surface area contributed by atoms with Crippen LogP contribution in [0.5, 0.6) is 5.75 Å². The second-order valence-electron chi connectivity index (χ2n) is 4.75. The van der Waals surface area contributed by atoms with E-state index in [2.05, 4.69) is 0 Å². The van der Waals surface area contributed by atoms with Crippen LogP contribution in [0.15, 0.2) is 42.2 Å². The van der Waals surface area contributed by atoms with Crippen molar-refractivity contribution in [3.8, 4) is 5.75 Å². The summed E-state index contributed by atoms with van der Waals surface area (Å²) >= 11 is 0. The van der Waals surface area contributed by atoms with Gasteiger partial charge in [0, 0.05) is 6.08 Å². The Morgan fingerprint density at radius 3 is 2.82 bits per heavy atom. The summed E-state index contributed by atoms with van der Waals surface area (Å²) in [6.45, 7) is 3.91. The highest BCUT2D eigenvalue weighted by Crippen LogP contribution is 2.18. The van der Waals surface area contributed by atoms with Gasteiger partial charge in [-0.25, -0.2) is 0 Å². The average molecular weight is 300 g/mol. The van der Waals surface area contributed by atoms with Crippen molar-refractivity contribution in [2.24, 2.45) is 5.92 Å². The molecule has 5 heteroatoms. The van der Waals surface area contributed by atoms with Crippen molar-refractivity contribution in [1.82, 2.24) is 0 Å². The van der Waals surface area contributed by atoms with Gasteiger partial charge < -0.3 is 9.47 Å². The summed E-state index contributed by atoms with van der Waals surface area (Å²) in [7, 11) is 0. The highest BCUT2D eigenvalue weighted by atomic mass is 16.5. The molecule has 0 fully saturated rings. The first-order valence-electron chi connectivity index (χ1n) is 6.90. The molecule has 0 aromatic heterocycles. The molecule has 22 heavy (non-hydrogen) atoms. The van der Waals surface area contributed by atoms with Gasteiger partial charge in [0.15, 0.2) is 17.5 Å². The number of cyclic esters (lactones) is 1. The highest BCUT2D eigenvalue weighted by molar-refractivity contribution is 6.25. The quantitative estimate of drug-likeness (QED) is 0.474. The molecule has 0 aliphatic carbocycles. The van der Waals surface area contributed by atoms with E-state index in [1.807, 2.05) is 6.92 Å². The molecule has 1 aromatic carbocycles. The number of rotatable bonds is 5. The number of esters is 1. The van der Waals surface area contributed by atoms with Crippen LogP contribution in [0.4, 0.5) is 0 Å². The van der Waals surface area contributed by atoms with E-state index in [1.54, 1.807) is 24.3 Å². The third-order valence-corrected chi connectivity index (χ3v) is 3.02. The smallest absolute Gasteiger partial charge is 0.329 e. The molecular weight excluding hydrogens is 284 g/mol.